The van der Waals surface area contributed by atoms with Gasteiger partial charge in [0.25, 0.3) is 0 Å². The number of hydrogen-bond donors (Lipinski definition) is 2. The molecule has 1 aliphatic carbocycles. The molecule has 0 saturated carbocycles. The van der Waals surface area contributed by atoms with Crippen molar-refractivity contribution in [2.75, 3.05) is 0 Å². The van der Waals surface area contributed by atoms with Crippen molar-refractivity contribution in [1.29, 1.82) is 0 Å². The standard InChI is InChI=1S/C29H22O3/c30-27-25(21-13-5-1-6-14-21)26(22-15-7-2-8-16-22)28(31,23-17-9-3-10-18-23)29(27,32)24-19-11-4-12-20-24/h1-20,31-32H. The number of hydrogen-bond acceptors (Lipinski definition) is 3. The van der Waals surface area contributed by atoms with E-state index in [0.717, 1.165) is 0 Å². The van der Waals surface area contributed by atoms with Gasteiger partial charge in [0, 0.05) is 11.1 Å². The predicted molar refractivity (Wildman–Crippen MR) is 125 cm³/mol. The molecule has 156 valence electrons. The number of ketones is 1. The molecule has 2 atom stereocenters. The maximum Gasteiger partial charge on any atom is 0.203 e. The maximum atomic E-state index is 14.1. The summed E-state index contributed by atoms with van der Waals surface area (Å²) < 4.78 is 0. The van der Waals surface area contributed by atoms with Crippen molar-refractivity contribution in [1.82, 2.24) is 0 Å². The zero-order valence-corrected chi connectivity index (χ0v) is 17.3. The van der Waals surface area contributed by atoms with E-state index in [-0.39, 0.29) is 0 Å². The molecule has 0 aliphatic heterocycles. The van der Waals surface area contributed by atoms with Gasteiger partial charge in [0.2, 0.25) is 5.78 Å². The number of carbonyl (C=O) groups excluding carboxylic acids is 1. The van der Waals surface area contributed by atoms with E-state index in [1.54, 1.807) is 48.5 Å². The lowest BCUT2D eigenvalue weighted by molar-refractivity contribution is -0.156. The normalized spacial score (nSPS) is 22.9. The van der Waals surface area contributed by atoms with Gasteiger partial charge < -0.3 is 10.2 Å². The molecule has 4 aromatic carbocycles. The van der Waals surface area contributed by atoms with Crippen LogP contribution in [0.25, 0.3) is 11.1 Å². The summed E-state index contributed by atoms with van der Waals surface area (Å²) in [7, 11) is 0. The summed E-state index contributed by atoms with van der Waals surface area (Å²) in [5.74, 6) is -0.528. The predicted octanol–water partition coefficient (Wildman–Crippen LogP) is 4.96. The van der Waals surface area contributed by atoms with Crippen LogP contribution in [0.3, 0.4) is 0 Å². The van der Waals surface area contributed by atoms with Crippen molar-refractivity contribution in [3.63, 3.8) is 0 Å². The largest absolute Gasteiger partial charge is 0.376 e. The topological polar surface area (TPSA) is 57.5 Å². The first-order chi connectivity index (χ1) is 15.6. The van der Waals surface area contributed by atoms with Crippen LogP contribution in [0.5, 0.6) is 0 Å². The van der Waals surface area contributed by atoms with Crippen LogP contribution in [0.4, 0.5) is 0 Å². The Balaban J connectivity index is 1.93. The van der Waals surface area contributed by atoms with Gasteiger partial charge in [-0.3, -0.25) is 4.79 Å². The van der Waals surface area contributed by atoms with Gasteiger partial charge in [-0.2, -0.15) is 0 Å². The average molecular weight is 418 g/mol. The second-order valence-corrected chi connectivity index (χ2v) is 7.96. The van der Waals surface area contributed by atoms with Crippen LogP contribution in [-0.2, 0) is 16.0 Å². The Kier molecular flexibility index (Phi) is 4.86. The van der Waals surface area contributed by atoms with E-state index in [1.807, 2.05) is 72.8 Å². The SMILES string of the molecule is O=C1C(c2ccccc2)=C(c2ccccc2)C(O)(c2ccccc2)C1(O)c1ccccc1. The fourth-order valence-electron chi connectivity index (χ4n) is 4.71. The summed E-state index contributed by atoms with van der Waals surface area (Å²) in [5, 5.41) is 24.7. The van der Waals surface area contributed by atoms with Gasteiger partial charge >= 0.3 is 0 Å². The van der Waals surface area contributed by atoms with Gasteiger partial charge in [-0.15, -0.1) is 0 Å². The lowest BCUT2D eigenvalue weighted by atomic mass is 9.71. The summed E-state index contributed by atoms with van der Waals surface area (Å²) in [5.41, 5.74) is -1.37. The molecule has 0 amide bonds. The van der Waals surface area contributed by atoms with Crippen molar-refractivity contribution < 1.29 is 15.0 Å². The highest BCUT2D eigenvalue weighted by molar-refractivity contribution is 6.36. The first-order valence-corrected chi connectivity index (χ1v) is 10.5. The Labute approximate surface area is 186 Å². The van der Waals surface area contributed by atoms with Crippen LogP contribution >= 0.6 is 0 Å². The fourth-order valence-corrected chi connectivity index (χ4v) is 4.71. The highest BCUT2D eigenvalue weighted by Gasteiger charge is 2.65. The van der Waals surface area contributed by atoms with Gasteiger partial charge in [0.05, 0.1) is 0 Å². The van der Waals surface area contributed by atoms with Crippen LogP contribution in [0.1, 0.15) is 22.3 Å². The fraction of sp³-hybridized carbons (Fsp3) is 0.0690. The molecule has 0 bridgehead atoms. The van der Waals surface area contributed by atoms with E-state index in [0.29, 0.717) is 33.4 Å². The number of carbonyl (C=O) groups is 1. The van der Waals surface area contributed by atoms with Gasteiger partial charge in [-0.05, 0) is 22.3 Å². The van der Waals surface area contributed by atoms with Crippen molar-refractivity contribution in [3.05, 3.63) is 144 Å². The summed E-state index contributed by atoms with van der Waals surface area (Å²) in [6.07, 6.45) is 0. The van der Waals surface area contributed by atoms with Crippen molar-refractivity contribution >= 4 is 16.9 Å². The second kappa shape index (κ2) is 7.72. The molecule has 0 fully saturated rings. The Hall–Kier alpha value is -3.79. The zero-order chi connectivity index (χ0) is 22.2. The monoisotopic (exact) mass is 418 g/mol. The molecule has 2 unspecified atom stereocenters. The number of Topliss-reactive ketones (excluding diaryl/α,β-unsaturated/α-hetero) is 1. The third kappa shape index (κ3) is 2.79. The minimum atomic E-state index is -2.20. The molecular formula is C29H22O3. The van der Waals surface area contributed by atoms with E-state index >= 15 is 0 Å². The Morgan fingerprint density at radius 2 is 0.844 bits per heavy atom. The second-order valence-electron chi connectivity index (χ2n) is 7.96. The summed E-state index contributed by atoms with van der Waals surface area (Å²) >= 11 is 0. The molecule has 0 radical (unpaired) electrons. The maximum absolute atomic E-state index is 14.1. The van der Waals surface area contributed by atoms with E-state index < -0.39 is 17.0 Å². The van der Waals surface area contributed by atoms with Gasteiger partial charge in [0.1, 0.15) is 0 Å². The van der Waals surface area contributed by atoms with Crippen LogP contribution in [-0.4, -0.2) is 16.0 Å². The molecule has 32 heavy (non-hydrogen) atoms. The van der Waals surface area contributed by atoms with Crippen LogP contribution < -0.4 is 0 Å². The molecule has 3 heteroatoms. The molecule has 0 heterocycles. The first kappa shape index (κ1) is 20.1. The van der Waals surface area contributed by atoms with Crippen LogP contribution in [0.2, 0.25) is 0 Å². The molecule has 0 saturated heterocycles. The highest BCUT2D eigenvalue weighted by Crippen LogP contribution is 2.59. The minimum absolute atomic E-state index is 0.314. The number of aliphatic hydroxyl groups is 2. The number of rotatable bonds is 4. The van der Waals surface area contributed by atoms with Crippen molar-refractivity contribution in [3.8, 4) is 0 Å². The molecule has 4 aromatic rings. The molecule has 2 N–H and O–H groups in total. The molecule has 0 aromatic heterocycles. The average Bonchev–Trinajstić information content (AvgIpc) is 3.06. The molecule has 5 rings (SSSR count). The van der Waals surface area contributed by atoms with Crippen molar-refractivity contribution in [2.45, 2.75) is 11.2 Å². The van der Waals surface area contributed by atoms with E-state index in [4.69, 9.17) is 0 Å². The lowest BCUT2D eigenvalue weighted by Crippen LogP contribution is -2.51. The van der Waals surface area contributed by atoms with Gasteiger partial charge in [-0.25, -0.2) is 0 Å². The van der Waals surface area contributed by atoms with E-state index in [9.17, 15) is 15.0 Å². The Bertz CT molecular complexity index is 1280. The molecule has 1 aliphatic rings. The van der Waals surface area contributed by atoms with Gasteiger partial charge in [-0.1, -0.05) is 121 Å². The zero-order valence-electron chi connectivity index (χ0n) is 17.3. The van der Waals surface area contributed by atoms with E-state index in [2.05, 4.69) is 0 Å². The molecule has 0 spiro atoms. The minimum Gasteiger partial charge on any atom is -0.376 e. The van der Waals surface area contributed by atoms with E-state index in [1.165, 1.54) is 0 Å². The summed E-state index contributed by atoms with van der Waals surface area (Å²) in [6, 6.07) is 36.2. The quantitative estimate of drug-likeness (QED) is 0.493. The van der Waals surface area contributed by atoms with Crippen LogP contribution in [0.15, 0.2) is 121 Å². The third-order valence-electron chi connectivity index (χ3n) is 6.20. The van der Waals surface area contributed by atoms with Crippen LogP contribution in [0, 0.1) is 0 Å². The first-order valence-electron chi connectivity index (χ1n) is 10.5. The van der Waals surface area contributed by atoms with Gasteiger partial charge in [0.15, 0.2) is 11.2 Å². The lowest BCUT2D eigenvalue weighted by Gasteiger charge is -2.39. The summed E-state index contributed by atoms with van der Waals surface area (Å²) in [4.78, 5) is 14.1. The molecular weight excluding hydrogens is 396 g/mol. The Morgan fingerprint density at radius 1 is 0.469 bits per heavy atom. The van der Waals surface area contributed by atoms with Crippen molar-refractivity contribution in [2.24, 2.45) is 0 Å². The summed E-state index contributed by atoms with van der Waals surface area (Å²) in [6.45, 7) is 0. The smallest absolute Gasteiger partial charge is 0.203 e. The number of benzene rings is 4. The Morgan fingerprint density at radius 3 is 1.31 bits per heavy atom. The highest BCUT2D eigenvalue weighted by atomic mass is 16.4. The third-order valence-corrected chi connectivity index (χ3v) is 6.20. The molecule has 3 nitrogen and oxygen atoms in total.